The highest BCUT2D eigenvalue weighted by Gasteiger charge is 2.32. The van der Waals surface area contributed by atoms with Crippen LogP contribution in [0.15, 0.2) is 39.9 Å². The number of nitrogens with zero attached hydrogens (tertiary/aromatic N) is 2. The summed E-state index contributed by atoms with van der Waals surface area (Å²) in [4.78, 5) is 29.3. The van der Waals surface area contributed by atoms with Crippen LogP contribution in [0.25, 0.3) is 0 Å². The summed E-state index contributed by atoms with van der Waals surface area (Å²) in [5.74, 6) is -1.34. The number of anilines is 1. The van der Waals surface area contributed by atoms with Crippen LogP contribution in [0.3, 0.4) is 0 Å². The summed E-state index contributed by atoms with van der Waals surface area (Å²) in [6, 6.07) is 6.88. The highest BCUT2D eigenvalue weighted by atomic mass is 32.2. The first-order valence-corrected chi connectivity index (χ1v) is 17.2. The van der Waals surface area contributed by atoms with Crippen molar-refractivity contribution in [1.82, 2.24) is 9.80 Å². The zero-order valence-electron chi connectivity index (χ0n) is 25.9. The number of hydrogen-bond acceptors (Lipinski definition) is 8. The fraction of sp³-hybridized carbons (Fsp3) is 0.600. The molecule has 1 aliphatic rings. The number of carbonyl (C=O) groups is 2. The summed E-state index contributed by atoms with van der Waals surface area (Å²) in [7, 11) is -2.48. The number of carbonyl (C=O) groups excluding carboxylic acids is 2. The van der Waals surface area contributed by atoms with E-state index in [0.717, 1.165) is 17.8 Å². The van der Waals surface area contributed by atoms with Gasteiger partial charge in [0.1, 0.15) is 9.96 Å². The predicted molar refractivity (Wildman–Crippen MR) is 165 cm³/mol. The smallest absolute Gasteiger partial charge is 0.389 e. The minimum Gasteiger partial charge on any atom is -0.490 e. The summed E-state index contributed by atoms with van der Waals surface area (Å²) in [6.45, 7) is 5.35. The molecular formula is C30H42F3N3O7S2. The van der Waals surface area contributed by atoms with Crippen molar-refractivity contribution in [2.24, 2.45) is 5.92 Å². The van der Waals surface area contributed by atoms with Gasteiger partial charge in [0.05, 0.1) is 36.8 Å². The maximum atomic E-state index is 14.2. The number of benzene rings is 1. The van der Waals surface area contributed by atoms with Crippen molar-refractivity contribution in [3.8, 4) is 5.75 Å². The number of rotatable bonds is 9. The largest absolute Gasteiger partial charge is 0.490 e. The van der Waals surface area contributed by atoms with Crippen LogP contribution in [0.4, 0.5) is 18.9 Å². The van der Waals surface area contributed by atoms with Crippen molar-refractivity contribution in [1.29, 1.82) is 0 Å². The van der Waals surface area contributed by atoms with Crippen molar-refractivity contribution in [2.75, 3.05) is 38.1 Å². The quantitative estimate of drug-likeness (QED) is 0.377. The molecule has 1 aliphatic heterocycles. The Labute approximate surface area is 266 Å². The minimum absolute atomic E-state index is 0.0120. The molecule has 0 unspecified atom stereocenters. The lowest BCUT2D eigenvalue weighted by molar-refractivity contribution is -0.149. The molecule has 0 saturated heterocycles. The molecule has 2 N–H and O–H groups in total. The van der Waals surface area contributed by atoms with E-state index in [1.165, 1.54) is 35.0 Å². The first-order chi connectivity index (χ1) is 21.1. The van der Waals surface area contributed by atoms with Gasteiger partial charge in [-0.15, -0.1) is 11.3 Å². The van der Waals surface area contributed by atoms with Crippen LogP contribution in [-0.2, 0) is 19.6 Å². The van der Waals surface area contributed by atoms with Crippen LogP contribution >= 0.6 is 11.3 Å². The number of nitrogens with one attached hydrogen (secondary N) is 1. The van der Waals surface area contributed by atoms with E-state index in [4.69, 9.17) is 9.47 Å². The Morgan fingerprint density at radius 3 is 2.62 bits per heavy atom. The van der Waals surface area contributed by atoms with Gasteiger partial charge in [-0.2, -0.15) is 13.2 Å². The minimum atomic E-state index is -4.45. The highest BCUT2D eigenvalue weighted by Crippen LogP contribution is 2.30. The van der Waals surface area contributed by atoms with Gasteiger partial charge in [-0.25, -0.2) is 8.42 Å². The second kappa shape index (κ2) is 16.1. The Balaban J connectivity index is 1.94. The molecule has 0 saturated carbocycles. The Hall–Kier alpha value is -2.88. The molecule has 10 nitrogen and oxygen atoms in total. The van der Waals surface area contributed by atoms with Gasteiger partial charge < -0.3 is 24.4 Å². The predicted octanol–water partition coefficient (Wildman–Crippen LogP) is 5.15. The molecule has 2 heterocycles. The van der Waals surface area contributed by atoms with Crippen molar-refractivity contribution in [3.63, 3.8) is 0 Å². The van der Waals surface area contributed by atoms with Crippen molar-refractivity contribution < 1.29 is 45.8 Å². The van der Waals surface area contributed by atoms with Crippen LogP contribution in [0.1, 0.15) is 63.2 Å². The molecule has 2 aromatic rings. The number of aliphatic hydroxyl groups is 1. The maximum absolute atomic E-state index is 14.2. The maximum Gasteiger partial charge on any atom is 0.389 e. The number of thiophene rings is 1. The van der Waals surface area contributed by atoms with E-state index in [0.29, 0.717) is 19.4 Å². The third kappa shape index (κ3) is 10.9. The fourth-order valence-electron chi connectivity index (χ4n) is 4.88. The standard InChI is InChI=1S/C30H42F3N3O7S2/c1-20-17-36(21(2)19-37)29(39)24-16-23(34-45(40,41)28-9-7-15-44-28)10-11-25(24)43-22(3)8-5-6-14-42-26(20)18-35(4)27(38)12-13-30(31,32)33/h7,9-11,15-16,20-22,26,34,37H,5-6,8,12-14,17-19H2,1-4H3/t20-,21+,22-,26+/m0/s1. The molecule has 0 spiro atoms. The van der Waals surface area contributed by atoms with E-state index >= 15 is 0 Å². The van der Waals surface area contributed by atoms with E-state index in [1.807, 2.05) is 6.92 Å². The third-order valence-corrected chi connectivity index (χ3v) is 10.3. The zero-order valence-corrected chi connectivity index (χ0v) is 27.5. The molecule has 0 fully saturated rings. The normalized spacial score (nSPS) is 21.3. The summed E-state index contributed by atoms with van der Waals surface area (Å²) in [5.41, 5.74) is 0.243. The van der Waals surface area contributed by atoms with Gasteiger partial charge in [0.25, 0.3) is 15.9 Å². The van der Waals surface area contributed by atoms with Gasteiger partial charge in [0.15, 0.2) is 0 Å². The molecule has 45 heavy (non-hydrogen) atoms. The number of ether oxygens (including phenoxy) is 2. The molecule has 252 valence electrons. The monoisotopic (exact) mass is 677 g/mol. The van der Waals surface area contributed by atoms with Gasteiger partial charge in [0, 0.05) is 44.8 Å². The van der Waals surface area contributed by atoms with Crippen LogP contribution < -0.4 is 9.46 Å². The van der Waals surface area contributed by atoms with E-state index < -0.39 is 58.9 Å². The fourth-order valence-corrected chi connectivity index (χ4v) is 6.92. The average molecular weight is 678 g/mol. The van der Waals surface area contributed by atoms with Gasteiger partial charge in [-0.3, -0.25) is 14.3 Å². The van der Waals surface area contributed by atoms with Crippen LogP contribution in [0.5, 0.6) is 5.75 Å². The lowest BCUT2D eigenvalue weighted by atomic mass is 10.0. The van der Waals surface area contributed by atoms with Gasteiger partial charge in [-0.1, -0.05) is 13.0 Å². The number of likely N-dealkylation sites (N-methyl/N-ethyl adjacent to an activating group) is 1. The molecular weight excluding hydrogens is 635 g/mol. The van der Waals surface area contributed by atoms with Crippen molar-refractivity contribution in [2.45, 2.75) is 81.5 Å². The molecule has 2 amide bonds. The average Bonchev–Trinajstić information content (AvgIpc) is 3.53. The number of sulfonamides is 1. The van der Waals surface area contributed by atoms with Crippen molar-refractivity contribution in [3.05, 3.63) is 41.3 Å². The van der Waals surface area contributed by atoms with E-state index in [9.17, 15) is 36.3 Å². The van der Waals surface area contributed by atoms with Gasteiger partial charge in [0.2, 0.25) is 5.91 Å². The van der Waals surface area contributed by atoms with E-state index in [-0.39, 0.29) is 47.0 Å². The highest BCUT2D eigenvalue weighted by molar-refractivity contribution is 7.94. The van der Waals surface area contributed by atoms with Crippen molar-refractivity contribution >= 4 is 38.9 Å². The summed E-state index contributed by atoms with van der Waals surface area (Å²) in [5, 5.41) is 11.7. The summed E-state index contributed by atoms with van der Waals surface area (Å²) < 4.78 is 78.9. The number of halogens is 3. The molecule has 1 aromatic carbocycles. The van der Waals surface area contributed by atoms with E-state index in [1.54, 1.807) is 31.4 Å². The number of hydrogen-bond donors (Lipinski definition) is 2. The third-order valence-electron chi connectivity index (χ3n) is 7.57. The lowest BCUT2D eigenvalue weighted by Crippen LogP contribution is -2.48. The second-order valence-corrected chi connectivity index (χ2v) is 14.3. The molecule has 0 radical (unpaired) electrons. The molecule has 15 heteroatoms. The Morgan fingerprint density at radius 1 is 1.24 bits per heavy atom. The number of aliphatic hydroxyl groups excluding tert-OH is 1. The molecule has 0 bridgehead atoms. The Kier molecular flexibility index (Phi) is 13.1. The molecule has 1 aromatic heterocycles. The summed E-state index contributed by atoms with van der Waals surface area (Å²) in [6.07, 6.45) is -5.27. The number of amides is 2. The molecule has 4 atom stereocenters. The number of alkyl halides is 3. The van der Waals surface area contributed by atoms with E-state index in [2.05, 4.69) is 4.72 Å². The number of fused-ring (bicyclic) bond motifs is 1. The first kappa shape index (κ1) is 36.6. The summed E-state index contributed by atoms with van der Waals surface area (Å²) >= 11 is 1.05. The van der Waals surface area contributed by atoms with Crippen LogP contribution in [0.2, 0.25) is 0 Å². The first-order valence-electron chi connectivity index (χ1n) is 14.8. The Bertz CT molecular complexity index is 1370. The molecule has 0 aliphatic carbocycles. The zero-order chi connectivity index (χ0) is 33.4. The SMILES string of the molecule is C[C@H](CO)N1C[C@H](C)[C@@H](CN(C)C(=O)CCC(F)(F)F)OCCCC[C@H](C)Oc2ccc(NS(=O)(=O)c3cccs3)cc2C1=O. The van der Waals surface area contributed by atoms with Gasteiger partial charge >= 0.3 is 6.18 Å². The van der Waals surface area contributed by atoms with Crippen LogP contribution in [-0.4, -0.2) is 92.9 Å². The van der Waals surface area contributed by atoms with Gasteiger partial charge in [-0.05, 0) is 62.8 Å². The Morgan fingerprint density at radius 2 is 1.98 bits per heavy atom. The second-order valence-electron chi connectivity index (χ2n) is 11.4. The topological polar surface area (TPSA) is 125 Å². The lowest BCUT2D eigenvalue weighted by Gasteiger charge is -2.36. The molecule has 3 rings (SSSR count). The van der Waals surface area contributed by atoms with Crippen LogP contribution in [0, 0.1) is 5.92 Å².